The van der Waals surface area contributed by atoms with Crippen LogP contribution in [0.4, 0.5) is 11.7 Å². The minimum absolute atomic E-state index is 0.194. The third kappa shape index (κ3) is 3.72. The van der Waals surface area contributed by atoms with E-state index in [-0.39, 0.29) is 17.2 Å². The standard InChI is InChI=1S/C21H20N4O2/c1-12-17(10-16-8-6-5-7-9-16)20(24-15(4)23-12)25-21-18(11-22)19(13(2)26)14(3)27-21/h5-9H,10H2,1-4H3,(H,23,24,25). The summed E-state index contributed by atoms with van der Waals surface area (Å²) in [5.41, 5.74) is 3.37. The van der Waals surface area contributed by atoms with Crippen molar-refractivity contribution in [3.8, 4) is 6.07 Å². The first kappa shape index (κ1) is 18.3. The topological polar surface area (TPSA) is 91.8 Å². The Bertz CT molecular complexity index is 1050. The molecule has 0 saturated heterocycles. The summed E-state index contributed by atoms with van der Waals surface area (Å²) in [6.07, 6.45) is 0.635. The number of hydrogen-bond donors (Lipinski definition) is 1. The van der Waals surface area contributed by atoms with Gasteiger partial charge in [0.2, 0.25) is 5.88 Å². The lowest BCUT2D eigenvalue weighted by Crippen LogP contribution is -2.07. The van der Waals surface area contributed by atoms with E-state index in [9.17, 15) is 10.1 Å². The Morgan fingerprint density at radius 1 is 1.19 bits per heavy atom. The van der Waals surface area contributed by atoms with E-state index in [0.29, 0.717) is 29.4 Å². The van der Waals surface area contributed by atoms with Gasteiger partial charge < -0.3 is 9.73 Å². The number of aryl methyl sites for hydroxylation is 3. The van der Waals surface area contributed by atoms with Gasteiger partial charge in [-0.1, -0.05) is 30.3 Å². The van der Waals surface area contributed by atoms with Crippen LogP contribution < -0.4 is 5.32 Å². The Labute approximate surface area is 157 Å². The number of rotatable bonds is 5. The third-order valence-corrected chi connectivity index (χ3v) is 4.33. The van der Waals surface area contributed by atoms with Gasteiger partial charge in [-0.2, -0.15) is 5.26 Å². The van der Waals surface area contributed by atoms with Crippen molar-refractivity contribution >= 4 is 17.5 Å². The number of anilines is 2. The lowest BCUT2D eigenvalue weighted by atomic mass is 10.0. The zero-order valence-electron chi connectivity index (χ0n) is 15.8. The Kier molecular flexibility index (Phi) is 5.04. The van der Waals surface area contributed by atoms with Crippen molar-refractivity contribution in [2.45, 2.75) is 34.1 Å². The van der Waals surface area contributed by atoms with Gasteiger partial charge in [0.1, 0.15) is 29.0 Å². The summed E-state index contributed by atoms with van der Waals surface area (Å²) >= 11 is 0. The highest BCUT2D eigenvalue weighted by atomic mass is 16.4. The lowest BCUT2D eigenvalue weighted by Gasteiger charge is -2.13. The molecule has 0 radical (unpaired) electrons. The summed E-state index contributed by atoms with van der Waals surface area (Å²) in [6.45, 7) is 6.83. The van der Waals surface area contributed by atoms with E-state index in [0.717, 1.165) is 16.8 Å². The summed E-state index contributed by atoms with van der Waals surface area (Å²) in [7, 11) is 0. The summed E-state index contributed by atoms with van der Waals surface area (Å²) in [4.78, 5) is 20.8. The van der Waals surface area contributed by atoms with Crippen LogP contribution in [0.3, 0.4) is 0 Å². The number of nitriles is 1. The van der Waals surface area contributed by atoms with Gasteiger partial charge in [0, 0.05) is 17.7 Å². The predicted molar refractivity (Wildman–Crippen MR) is 102 cm³/mol. The van der Waals surface area contributed by atoms with Crippen LogP contribution in [0.15, 0.2) is 34.7 Å². The zero-order chi connectivity index (χ0) is 19.6. The highest BCUT2D eigenvalue weighted by Crippen LogP contribution is 2.31. The fourth-order valence-electron chi connectivity index (χ4n) is 3.12. The Hall–Kier alpha value is -3.46. The van der Waals surface area contributed by atoms with Crippen molar-refractivity contribution in [3.63, 3.8) is 0 Å². The summed E-state index contributed by atoms with van der Waals surface area (Å²) in [5, 5.41) is 12.6. The number of carbonyl (C=O) groups excluding carboxylic acids is 1. The number of furan rings is 1. The molecule has 1 aromatic carbocycles. The number of nitrogens with zero attached hydrogens (tertiary/aromatic N) is 3. The number of nitrogens with one attached hydrogen (secondary N) is 1. The van der Waals surface area contributed by atoms with E-state index in [4.69, 9.17) is 4.42 Å². The summed E-state index contributed by atoms with van der Waals surface area (Å²) in [6, 6.07) is 12.1. The molecule has 0 saturated carbocycles. The van der Waals surface area contributed by atoms with Crippen LogP contribution in [0.2, 0.25) is 0 Å². The molecule has 0 unspecified atom stereocenters. The molecule has 1 N–H and O–H groups in total. The predicted octanol–water partition coefficient (Wildman–Crippen LogP) is 4.40. The second kappa shape index (κ2) is 7.42. The maximum Gasteiger partial charge on any atom is 0.217 e. The maximum atomic E-state index is 11.9. The van der Waals surface area contributed by atoms with Crippen LogP contribution in [-0.2, 0) is 6.42 Å². The molecule has 0 aliphatic carbocycles. The van der Waals surface area contributed by atoms with E-state index in [2.05, 4.69) is 21.4 Å². The molecule has 6 nitrogen and oxygen atoms in total. The van der Waals surface area contributed by atoms with Gasteiger partial charge in [-0.05, 0) is 33.3 Å². The van der Waals surface area contributed by atoms with Crippen molar-refractivity contribution in [1.29, 1.82) is 5.26 Å². The van der Waals surface area contributed by atoms with Gasteiger partial charge in [0.05, 0.1) is 5.56 Å². The van der Waals surface area contributed by atoms with Crippen LogP contribution in [0.5, 0.6) is 0 Å². The summed E-state index contributed by atoms with van der Waals surface area (Å²) in [5.74, 6) is 1.62. The summed E-state index contributed by atoms with van der Waals surface area (Å²) < 4.78 is 5.67. The molecule has 6 heteroatoms. The molecule has 0 aliphatic heterocycles. The van der Waals surface area contributed by atoms with Gasteiger partial charge in [-0.3, -0.25) is 4.79 Å². The molecule has 2 aromatic heterocycles. The van der Waals surface area contributed by atoms with Gasteiger partial charge >= 0.3 is 0 Å². The number of benzene rings is 1. The fraction of sp³-hybridized carbons (Fsp3) is 0.238. The van der Waals surface area contributed by atoms with Gasteiger partial charge in [0.15, 0.2) is 5.78 Å². The molecule has 27 heavy (non-hydrogen) atoms. The van der Waals surface area contributed by atoms with Crippen molar-refractivity contribution in [2.75, 3.05) is 5.32 Å². The Morgan fingerprint density at radius 2 is 1.89 bits per heavy atom. The van der Waals surface area contributed by atoms with E-state index in [1.807, 2.05) is 44.2 Å². The van der Waals surface area contributed by atoms with Crippen LogP contribution in [0.1, 0.15) is 51.3 Å². The molecular weight excluding hydrogens is 340 g/mol. The molecular formula is C21H20N4O2. The molecule has 0 spiro atoms. The van der Waals surface area contributed by atoms with E-state index >= 15 is 0 Å². The minimum atomic E-state index is -0.208. The van der Waals surface area contributed by atoms with Gasteiger partial charge in [-0.15, -0.1) is 0 Å². The largest absolute Gasteiger partial charge is 0.443 e. The monoisotopic (exact) mass is 360 g/mol. The van der Waals surface area contributed by atoms with Crippen molar-refractivity contribution in [2.24, 2.45) is 0 Å². The molecule has 0 aliphatic rings. The number of aromatic nitrogens is 2. The maximum absolute atomic E-state index is 11.9. The molecule has 0 atom stereocenters. The van der Waals surface area contributed by atoms with Crippen LogP contribution in [0.25, 0.3) is 0 Å². The number of Topliss-reactive ketones (excluding diaryl/α,β-unsaturated/α-hetero) is 1. The number of ketones is 1. The zero-order valence-corrected chi connectivity index (χ0v) is 15.8. The first-order chi connectivity index (χ1) is 12.9. The number of carbonyl (C=O) groups is 1. The Morgan fingerprint density at radius 3 is 2.52 bits per heavy atom. The normalized spacial score (nSPS) is 10.5. The molecule has 0 fully saturated rings. The molecule has 0 amide bonds. The first-order valence-electron chi connectivity index (χ1n) is 8.60. The average Bonchev–Trinajstić information content (AvgIpc) is 2.94. The highest BCUT2D eigenvalue weighted by Gasteiger charge is 2.22. The van der Waals surface area contributed by atoms with Crippen molar-refractivity contribution < 1.29 is 9.21 Å². The highest BCUT2D eigenvalue weighted by molar-refractivity contribution is 5.99. The second-order valence-corrected chi connectivity index (χ2v) is 6.38. The Balaban J connectivity index is 2.07. The molecule has 2 heterocycles. The quantitative estimate of drug-likeness (QED) is 0.678. The third-order valence-electron chi connectivity index (χ3n) is 4.33. The molecule has 3 aromatic rings. The smallest absolute Gasteiger partial charge is 0.217 e. The van der Waals surface area contributed by atoms with Crippen molar-refractivity contribution in [1.82, 2.24) is 9.97 Å². The SMILES string of the molecule is CC(=O)c1c(C)oc(Nc2nc(C)nc(C)c2Cc2ccccc2)c1C#N. The van der Waals surface area contributed by atoms with Crippen LogP contribution in [0, 0.1) is 32.1 Å². The second-order valence-electron chi connectivity index (χ2n) is 6.38. The van der Waals surface area contributed by atoms with Crippen LogP contribution >= 0.6 is 0 Å². The molecule has 0 bridgehead atoms. The first-order valence-corrected chi connectivity index (χ1v) is 8.60. The molecule has 3 rings (SSSR count). The van der Waals surface area contributed by atoms with Gasteiger partial charge in [0.25, 0.3) is 0 Å². The van der Waals surface area contributed by atoms with E-state index < -0.39 is 0 Å². The number of hydrogen-bond acceptors (Lipinski definition) is 6. The molecule has 136 valence electrons. The van der Waals surface area contributed by atoms with Gasteiger partial charge in [-0.25, -0.2) is 9.97 Å². The van der Waals surface area contributed by atoms with Crippen LogP contribution in [-0.4, -0.2) is 15.8 Å². The average molecular weight is 360 g/mol. The minimum Gasteiger partial charge on any atom is -0.443 e. The lowest BCUT2D eigenvalue weighted by molar-refractivity contribution is 0.101. The van der Waals surface area contributed by atoms with E-state index in [1.165, 1.54) is 6.92 Å². The van der Waals surface area contributed by atoms with E-state index in [1.54, 1.807) is 6.92 Å². The van der Waals surface area contributed by atoms with Crippen molar-refractivity contribution in [3.05, 3.63) is 69.9 Å². The fourth-order valence-corrected chi connectivity index (χ4v) is 3.12.